The smallest absolute Gasteiger partial charge is 0.251 e. The van der Waals surface area contributed by atoms with E-state index in [0.29, 0.717) is 12.1 Å². The molecule has 1 amide bonds. The standard InChI is InChI=1S/C16H19NO3S/c1-12-10-13(5-6-15(12)19-2)16(18)17-7-9-21-11-14-4-3-8-20-14/h3-6,8,10H,7,9,11H2,1-2H3,(H,17,18). The number of nitrogens with one attached hydrogen (secondary N) is 1. The van der Waals surface area contributed by atoms with Gasteiger partial charge in [0.1, 0.15) is 11.5 Å². The van der Waals surface area contributed by atoms with E-state index < -0.39 is 0 Å². The Kier molecular flexibility index (Phi) is 5.75. The van der Waals surface area contributed by atoms with Gasteiger partial charge in [-0.1, -0.05) is 0 Å². The molecular weight excluding hydrogens is 286 g/mol. The predicted octanol–water partition coefficient (Wildman–Crippen LogP) is 3.26. The lowest BCUT2D eigenvalue weighted by Crippen LogP contribution is -2.25. The number of carbonyl (C=O) groups excluding carboxylic acids is 1. The third-order valence-corrected chi connectivity index (χ3v) is 3.99. The highest BCUT2D eigenvalue weighted by molar-refractivity contribution is 7.98. The number of furan rings is 1. The molecule has 4 nitrogen and oxygen atoms in total. The molecule has 1 aromatic heterocycles. The van der Waals surface area contributed by atoms with E-state index in [1.807, 2.05) is 31.2 Å². The average Bonchev–Trinajstić information content (AvgIpc) is 3.00. The fourth-order valence-corrected chi connectivity index (χ4v) is 2.68. The van der Waals surface area contributed by atoms with Gasteiger partial charge in [0, 0.05) is 17.9 Å². The van der Waals surface area contributed by atoms with Crippen molar-refractivity contribution in [3.63, 3.8) is 0 Å². The molecule has 0 aliphatic rings. The Balaban J connectivity index is 1.73. The number of rotatable bonds is 7. The van der Waals surface area contributed by atoms with Crippen molar-refractivity contribution >= 4 is 17.7 Å². The topological polar surface area (TPSA) is 51.5 Å². The molecule has 0 aliphatic carbocycles. The average molecular weight is 305 g/mol. The molecule has 0 aliphatic heterocycles. The van der Waals surface area contributed by atoms with Crippen molar-refractivity contribution in [1.82, 2.24) is 5.32 Å². The van der Waals surface area contributed by atoms with Crippen molar-refractivity contribution in [3.8, 4) is 5.75 Å². The molecule has 5 heteroatoms. The number of amides is 1. The monoisotopic (exact) mass is 305 g/mol. The van der Waals surface area contributed by atoms with Crippen LogP contribution in [0.5, 0.6) is 5.75 Å². The SMILES string of the molecule is COc1ccc(C(=O)NCCSCc2ccco2)cc1C. The third-order valence-electron chi connectivity index (χ3n) is 3.01. The van der Waals surface area contributed by atoms with Crippen LogP contribution in [0.15, 0.2) is 41.0 Å². The summed E-state index contributed by atoms with van der Waals surface area (Å²) in [5, 5.41) is 2.91. The predicted molar refractivity (Wildman–Crippen MR) is 84.9 cm³/mol. The lowest BCUT2D eigenvalue weighted by molar-refractivity contribution is 0.0956. The van der Waals surface area contributed by atoms with Crippen LogP contribution in [-0.2, 0) is 5.75 Å². The van der Waals surface area contributed by atoms with Gasteiger partial charge in [0.25, 0.3) is 5.91 Å². The molecule has 1 aromatic carbocycles. The van der Waals surface area contributed by atoms with Gasteiger partial charge in [0.15, 0.2) is 0 Å². The molecule has 0 spiro atoms. The van der Waals surface area contributed by atoms with E-state index in [1.165, 1.54) is 0 Å². The first-order valence-corrected chi connectivity index (χ1v) is 7.89. The fraction of sp³-hybridized carbons (Fsp3) is 0.312. The Morgan fingerprint density at radius 2 is 2.24 bits per heavy atom. The summed E-state index contributed by atoms with van der Waals surface area (Å²) in [6, 6.07) is 9.26. The molecule has 112 valence electrons. The van der Waals surface area contributed by atoms with E-state index in [4.69, 9.17) is 9.15 Å². The van der Waals surface area contributed by atoms with Crippen molar-refractivity contribution in [2.24, 2.45) is 0 Å². The number of aryl methyl sites for hydroxylation is 1. The molecular formula is C16H19NO3S. The summed E-state index contributed by atoms with van der Waals surface area (Å²) < 4.78 is 10.4. The highest BCUT2D eigenvalue weighted by atomic mass is 32.2. The quantitative estimate of drug-likeness (QED) is 0.798. The van der Waals surface area contributed by atoms with Gasteiger partial charge < -0.3 is 14.5 Å². The number of hydrogen-bond acceptors (Lipinski definition) is 4. The maximum absolute atomic E-state index is 12.0. The number of methoxy groups -OCH3 is 1. The second-order valence-corrected chi connectivity index (χ2v) is 5.68. The first kappa shape index (κ1) is 15.5. The largest absolute Gasteiger partial charge is 0.496 e. The van der Waals surface area contributed by atoms with Gasteiger partial charge >= 0.3 is 0 Å². The molecule has 0 saturated heterocycles. The van der Waals surface area contributed by atoms with Crippen molar-refractivity contribution in [1.29, 1.82) is 0 Å². The van der Waals surface area contributed by atoms with Crippen LogP contribution in [0.4, 0.5) is 0 Å². The lowest BCUT2D eigenvalue weighted by Gasteiger charge is -2.08. The zero-order valence-corrected chi connectivity index (χ0v) is 13.0. The Labute approximate surface area is 128 Å². The minimum absolute atomic E-state index is 0.0562. The first-order chi connectivity index (χ1) is 10.2. The Bertz CT molecular complexity index is 581. The van der Waals surface area contributed by atoms with E-state index in [2.05, 4.69) is 5.32 Å². The number of ether oxygens (including phenoxy) is 1. The van der Waals surface area contributed by atoms with Crippen LogP contribution in [0, 0.1) is 6.92 Å². The highest BCUT2D eigenvalue weighted by Crippen LogP contribution is 2.18. The maximum Gasteiger partial charge on any atom is 0.251 e. The normalized spacial score (nSPS) is 10.4. The summed E-state index contributed by atoms with van der Waals surface area (Å²) in [6.07, 6.45) is 1.67. The third kappa shape index (κ3) is 4.56. The summed E-state index contributed by atoms with van der Waals surface area (Å²) in [6.45, 7) is 2.56. The molecule has 0 radical (unpaired) electrons. The zero-order valence-electron chi connectivity index (χ0n) is 12.2. The van der Waals surface area contributed by atoms with Gasteiger partial charge in [-0.05, 0) is 42.8 Å². The van der Waals surface area contributed by atoms with Crippen LogP contribution in [0.2, 0.25) is 0 Å². The summed E-state index contributed by atoms with van der Waals surface area (Å²) in [7, 11) is 1.62. The molecule has 2 aromatic rings. The van der Waals surface area contributed by atoms with Gasteiger partial charge in [0.05, 0.1) is 19.1 Å². The second-order valence-electron chi connectivity index (χ2n) is 4.57. The molecule has 1 N–H and O–H groups in total. The molecule has 0 bridgehead atoms. The van der Waals surface area contributed by atoms with Crippen molar-refractivity contribution in [2.45, 2.75) is 12.7 Å². The van der Waals surface area contributed by atoms with Crippen molar-refractivity contribution in [3.05, 3.63) is 53.5 Å². The Hall–Kier alpha value is -1.88. The number of carbonyl (C=O) groups is 1. The van der Waals surface area contributed by atoms with E-state index in [0.717, 1.165) is 28.6 Å². The van der Waals surface area contributed by atoms with Crippen molar-refractivity contribution < 1.29 is 13.9 Å². The second kappa shape index (κ2) is 7.78. The molecule has 0 atom stereocenters. The van der Waals surface area contributed by atoms with Gasteiger partial charge in [-0.15, -0.1) is 0 Å². The summed E-state index contributed by atoms with van der Waals surface area (Å²) >= 11 is 1.73. The number of benzene rings is 1. The lowest BCUT2D eigenvalue weighted by atomic mass is 10.1. The van der Waals surface area contributed by atoms with Gasteiger partial charge in [-0.2, -0.15) is 11.8 Å². The van der Waals surface area contributed by atoms with E-state index in [9.17, 15) is 4.79 Å². The molecule has 21 heavy (non-hydrogen) atoms. The fourth-order valence-electron chi connectivity index (χ4n) is 1.93. The minimum atomic E-state index is -0.0562. The van der Waals surface area contributed by atoms with Crippen LogP contribution < -0.4 is 10.1 Å². The number of thioether (sulfide) groups is 1. The van der Waals surface area contributed by atoms with Gasteiger partial charge in [0.2, 0.25) is 0 Å². The Morgan fingerprint density at radius 3 is 2.90 bits per heavy atom. The molecule has 2 rings (SSSR count). The molecule has 1 heterocycles. The van der Waals surface area contributed by atoms with E-state index in [1.54, 1.807) is 31.2 Å². The number of hydrogen-bond donors (Lipinski definition) is 1. The molecule has 0 fully saturated rings. The first-order valence-electron chi connectivity index (χ1n) is 6.73. The summed E-state index contributed by atoms with van der Waals surface area (Å²) in [5.41, 5.74) is 1.61. The van der Waals surface area contributed by atoms with Crippen LogP contribution in [0.1, 0.15) is 21.7 Å². The molecule has 0 unspecified atom stereocenters. The maximum atomic E-state index is 12.0. The highest BCUT2D eigenvalue weighted by Gasteiger charge is 2.07. The van der Waals surface area contributed by atoms with Crippen LogP contribution in [-0.4, -0.2) is 25.3 Å². The zero-order chi connectivity index (χ0) is 15.1. The van der Waals surface area contributed by atoms with Crippen LogP contribution in [0.25, 0.3) is 0 Å². The summed E-state index contributed by atoms with van der Waals surface area (Å²) in [4.78, 5) is 12.0. The van der Waals surface area contributed by atoms with E-state index in [-0.39, 0.29) is 5.91 Å². The molecule has 0 saturated carbocycles. The van der Waals surface area contributed by atoms with Crippen molar-refractivity contribution in [2.75, 3.05) is 19.4 Å². The Morgan fingerprint density at radius 1 is 1.38 bits per heavy atom. The van der Waals surface area contributed by atoms with Crippen LogP contribution in [0.3, 0.4) is 0 Å². The minimum Gasteiger partial charge on any atom is -0.496 e. The van der Waals surface area contributed by atoms with E-state index >= 15 is 0 Å². The van der Waals surface area contributed by atoms with Crippen LogP contribution >= 0.6 is 11.8 Å². The summed E-state index contributed by atoms with van der Waals surface area (Å²) in [5.74, 6) is 3.36. The van der Waals surface area contributed by atoms with Gasteiger partial charge in [-0.3, -0.25) is 4.79 Å². The van der Waals surface area contributed by atoms with Gasteiger partial charge in [-0.25, -0.2) is 0 Å².